The number of nitrogens with one attached hydrogen (secondary N) is 1. The number of aromatic amines is 1. The van der Waals surface area contributed by atoms with E-state index in [1.54, 1.807) is 0 Å². The van der Waals surface area contributed by atoms with E-state index in [2.05, 4.69) is 4.98 Å². The molecule has 0 spiro atoms. The van der Waals surface area contributed by atoms with Crippen LogP contribution in [0.5, 0.6) is 0 Å². The maximum atomic E-state index is 13.4. The molecule has 1 aromatic carbocycles. The van der Waals surface area contributed by atoms with Crippen LogP contribution in [0.15, 0.2) is 40.7 Å². The van der Waals surface area contributed by atoms with Gasteiger partial charge in [-0.05, 0) is 62.8 Å². The molecule has 2 atom stereocenters. The van der Waals surface area contributed by atoms with Crippen molar-refractivity contribution in [3.63, 3.8) is 0 Å². The lowest BCUT2D eigenvalue weighted by Crippen LogP contribution is -2.35. The molecule has 2 aliphatic rings. The second-order valence-corrected chi connectivity index (χ2v) is 9.31. The molecule has 1 N–H and O–H groups in total. The molecule has 2 heterocycles. The number of aromatic nitrogens is 1. The largest absolute Gasteiger partial charge is 0.342 e. The lowest BCUT2D eigenvalue weighted by molar-refractivity contribution is -0.134. The van der Waals surface area contributed by atoms with Gasteiger partial charge >= 0.3 is 0 Å². The third-order valence-corrected chi connectivity index (χ3v) is 7.11. The molecule has 5 heteroatoms. The summed E-state index contributed by atoms with van der Waals surface area (Å²) >= 11 is 0. The van der Waals surface area contributed by atoms with Crippen molar-refractivity contribution in [3.05, 3.63) is 74.2 Å². The molecule has 1 aliphatic heterocycles. The predicted octanol–water partition coefficient (Wildman–Crippen LogP) is 4.32. The summed E-state index contributed by atoms with van der Waals surface area (Å²) in [4.78, 5) is 43.7. The molecule has 0 radical (unpaired) electrons. The van der Waals surface area contributed by atoms with E-state index in [1.165, 1.54) is 0 Å². The first-order valence-corrected chi connectivity index (χ1v) is 11.6. The molecule has 4 rings (SSSR count). The molecule has 1 amide bonds. The van der Waals surface area contributed by atoms with Gasteiger partial charge in [-0.25, -0.2) is 0 Å². The van der Waals surface area contributed by atoms with Gasteiger partial charge < -0.3 is 9.88 Å². The van der Waals surface area contributed by atoms with Crippen LogP contribution in [-0.2, 0) is 16.0 Å². The fourth-order valence-electron chi connectivity index (χ4n) is 5.54. The summed E-state index contributed by atoms with van der Waals surface area (Å²) in [5.74, 6) is -0.0701. The van der Waals surface area contributed by atoms with Crippen LogP contribution in [0.3, 0.4) is 0 Å². The van der Waals surface area contributed by atoms with Gasteiger partial charge in [0.2, 0.25) is 5.91 Å². The van der Waals surface area contributed by atoms with Crippen LogP contribution in [-0.4, -0.2) is 34.7 Å². The van der Waals surface area contributed by atoms with Crippen LogP contribution in [0.2, 0.25) is 0 Å². The average molecular weight is 433 g/mol. The summed E-state index contributed by atoms with van der Waals surface area (Å²) in [6.45, 7) is 9.42. The molecule has 32 heavy (non-hydrogen) atoms. The normalized spacial score (nSPS) is 18.8. The molecule has 2 aromatic rings. The zero-order valence-electron chi connectivity index (χ0n) is 19.5. The van der Waals surface area contributed by atoms with Crippen LogP contribution in [0.1, 0.15) is 67.0 Å². The molecule has 0 saturated carbocycles. The van der Waals surface area contributed by atoms with Crippen molar-refractivity contribution in [3.8, 4) is 0 Å². The predicted molar refractivity (Wildman–Crippen MR) is 127 cm³/mol. The Hall–Kier alpha value is -2.95. The Bertz CT molecular complexity index is 1150. The molecule has 0 bridgehead atoms. The van der Waals surface area contributed by atoms with E-state index in [-0.39, 0.29) is 35.5 Å². The minimum atomic E-state index is -0.207. The highest BCUT2D eigenvalue weighted by Crippen LogP contribution is 2.46. The standard InChI is InChI=1S/C27H32N2O3/c1-16-15-17(2)28-26(31)20(16)11-12-23(30)25-18(3)24(21-9-5-6-10-22(21)25)19(4)27(32)29-13-7-8-14-29/h5-6,9-10,15,19,24H,7-8,11-14H2,1-4H3,(H,28,31). The quantitative estimate of drug-likeness (QED) is 0.739. The van der Waals surface area contributed by atoms with E-state index < -0.39 is 0 Å². The molecular formula is C27H32N2O3. The molecule has 1 fully saturated rings. The van der Waals surface area contributed by atoms with Crippen LogP contribution in [0.25, 0.3) is 5.57 Å². The van der Waals surface area contributed by atoms with Crippen LogP contribution in [0, 0.1) is 19.8 Å². The first kappa shape index (κ1) is 22.3. The van der Waals surface area contributed by atoms with Gasteiger partial charge in [0.15, 0.2) is 5.78 Å². The van der Waals surface area contributed by atoms with Crippen LogP contribution >= 0.6 is 0 Å². The lowest BCUT2D eigenvalue weighted by Gasteiger charge is -2.26. The van der Waals surface area contributed by atoms with Crippen molar-refractivity contribution in [2.45, 2.75) is 59.3 Å². The number of hydrogen-bond donors (Lipinski definition) is 1. The number of amides is 1. The Morgan fingerprint density at radius 2 is 1.81 bits per heavy atom. The van der Waals surface area contributed by atoms with Crippen molar-refractivity contribution in [1.82, 2.24) is 9.88 Å². The highest BCUT2D eigenvalue weighted by molar-refractivity contribution is 6.23. The van der Waals surface area contributed by atoms with Crippen molar-refractivity contribution in [1.29, 1.82) is 0 Å². The van der Waals surface area contributed by atoms with Gasteiger partial charge in [-0.15, -0.1) is 0 Å². The monoisotopic (exact) mass is 432 g/mol. The van der Waals surface area contributed by atoms with Gasteiger partial charge in [0.25, 0.3) is 5.56 Å². The summed E-state index contributed by atoms with van der Waals surface area (Å²) < 4.78 is 0. The number of nitrogens with zero attached hydrogens (tertiary/aromatic N) is 1. The van der Waals surface area contributed by atoms with E-state index in [0.29, 0.717) is 12.0 Å². The zero-order valence-corrected chi connectivity index (χ0v) is 19.5. The first-order chi connectivity index (χ1) is 15.3. The summed E-state index contributed by atoms with van der Waals surface area (Å²) in [6, 6.07) is 9.91. The fraction of sp³-hybridized carbons (Fsp3) is 0.444. The number of allylic oxidation sites excluding steroid dienone is 2. The number of carbonyl (C=O) groups excluding carboxylic acids is 2. The molecule has 5 nitrogen and oxygen atoms in total. The molecule has 1 aromatic heterocycles. The van der Waals surface area contributed by atoms with Crippen molar-refractivity contribution >= 4 is 17.3 Å². The van der Waals surface area contributed by atoms with Crippen molar-refractivity contribution in [2.75, 3.05) is 13.1 Å². The molecule has 1 saturated heterocycles. The number of fused-ring (bicyclic) bond motifs is 1. The Morgan fingerprint density at radius 3 is 2.50 bits per heavy atom. The van der Waals surface area contributed by atoms with Crippen molar-refractivity contribution < 1.29 is 9.59 Å². The highest BCUT2D eigenvalue weighted by Gasteiger charge is 2.39. The van der Waals surface area contributed by atoms with E-state index in [4.69, 9.17) is 0 Å². The third-order valence-electron chi connectivity index (χ3n) is 7.11. The van der Waals surface area contributed by atoms with E-state index in [0.717, 1.165) is 59.5 Å². The fourth-order valence-corrected chi connectivity index (χ4v) is 5.54. The lowest BCUT2D eigenvalue weighted by atomic mass is 9.84. The number of rotatable bonds is 6. The summed E-state index contributed by atoms with van der Waals surface area (Å²) in [5, 5.41) is 0. The van der Waals surface area contributed by atoms with Gasteiger partial charge in [0.1, 0.15) is 0 Å². The number of H-pyrrole nitrogens is 1. The Morgan fingerprint density at radius 1 is 1.12 bits per heavy atom. The third kappa shape index (κ3) is 3.96. The van der Waals surface area contributed by atoms with Gasteiger partial charge in [0, 0.05) is 48.2 Å². The maximum absolute atomic E-state index is 13.4. The molecule has 168 valence electrons. The minimum Gasteiger partial charge on any atom is -0.342 e. The smallest absolute Gasteiger partial charge is 0.251 e. The van der Waals surface area contributed by atoms with Crippen LogP contribution in [0.4, 0.5) is 0 Å². The number of hydrogen-bond acceptors (Lipinski definition) is 3. The molecule has 1 aliphatic carbocycles. The number of benzene rings is 1. The topological polar surface area (TPSA) is 70.2 Å². The number of Topliss-reactive ketones (excluding diaryl/α,β-unsaturated/α-hetero) is 1. The van der Waals surface area contributed by atoms with Gasteiger partial charge in [-0.2, -0.15) is 0 Å². The van der Waals surface area contributed by atoms with Gasteiger partial charge in [0.05, 0.1) is 0 Å². The molecule has 2 unspecified atom stereocenters. The summed E-state index contributed by atoms with van der Waals surface area (Å²) in [7, 11) is 0. The van der Waals surface area contributed by atoms with Gasteiger partial charge in [-0.1, -0.05) is 36.8 Å². The van der Waals surface area contributed by atoms with E-state index in [9.17, 15) is 14.4 Å². The van der Waals surface area contributed by atoms with Crippen molar-refractivity contribution in [2.24, 2.45) is 5.92 Å². The minimum absolute atomic E-state index is 0.0395. The number of carbonyl (C=O) groups is 2. The number of ketones is 1. The van der Waals surface area contributed by atoms with E-state index in [1.807, 2.05) is 62.9 Å². The highest BCUT2D eigenvalue weighted by atomic mass is 16.2. The summed E-state index contributed by atoms with van der Waals surface area (Å²) in [6.07, 6.45) is 2.81. The Kier molecular flexibility index (Phi) is 6.18. The number of pyridine rings is 1. The average Bonchev–Trinajstić information content (AvgIpc) is 3.37. The number of likely N-dealkylation sites (tertiary alicyclic amines) is 1. The second kappa shape index (κ2) is 8.89. The Balaban J connectivity index is 1.61. The SMILES string of the molecule is CC1=C(C(=O)CCc2c(C)cc(C)[nH]c2=O)c2ccccc2C1C(C)C(=O)N1CCCC1. The number of aryl methyl sites for hydroxylation is 2. The van der Waals surface area contributed by atoms with Crippen LogP contribution < -0.4 is 5.56 Å². The summed E-state index contributed by atoms with van der Waals surface area (Å²) in [5.41, 5.74) is 6.01. The Labute approximate surface area is 189 Å². The van der Waals surface area contributed by atoms with E-state index >= 15 is 0 Å². The maximum Gasteiger partial charge on any atom is 0.251 e. The zero-order chi connectivity index (χ0) is 23.0. The second-order valence-electron chi connectivity index (χ2n) is 9.31. The first-order valence-electron chi connectivity index (χ1n) is 11.6. The molecular weight excluding hydrogens is 400 g/mol. The van der Waals surface area contributed by atoms with Gasteiger partial charge in [-0.3, -0.25) is 14.4 Å².